The van der Waals surface area contributed by atoms with Crippen LogP contribution in [0.25, 0.3) is 0 Å². The van der Waals surface area contributed by atoms with Crippen molar-refractivity contribution >= 4 is 17.9 Å². The predicted molar refractivity (Wildman–Crippen MR) is 58.9 cm³/mol. The summed E-state index contributed by atoms with van der Waals surface area (Å²) in [7, 11) is 0. The van der Waals surface area contributed by atoms with Gasteiger partial charge < -0.3 is 25.5 Å². The molecule has 0 saturated carbocycles. The van der Waals surface area contributed by atoms with Crippen molar-refractivity contribution in [3.05, 3.63) is 24.3 Å². The molecule has 0 fully saturated rings. The second-order valence-corrected chi connectivity index (χ2v) is 2.79. The van der Waals surface area contributed by atoms with Gasteiger partial charge in [-0.3, -0.25) is 0 Å². The van der Waals surface area contributed by atoms with Gasteiger partial charge in [-0.2, -0.15) is 0 Å². The summed E-state index contributed by atoms with van der Waals surface area (Å²) in [6, 6.07) is 0. The number of aliphatic hydroxyl groups is 2. The topological polar surface area (TPSA) is 152 Å². The van der Waals surface area contributed by atoms with Crippen LogP contribution >= 0.6 is 0 Å². The first-order valence-electron chi connectivity index (χ1n) is 4.58. The summed E-state index contributed by atoms with van der Waals surface area (Å²) in [6.45, 7) is 1.83. The molecule has 0 aliphatic heterocycles. The molecular formula is C10H14O8. The Morgan fingerprint density at radius 3 is 1.50 bits per heavy atom. The van der Waals surface area contributed by atoms with Crippen molar-refractivity contribution in [3.63, 3.8) is 0 Å². The lowest BCUT2D eigenvalue weighted by Gasteiger charge is -2.07. The lowest BCUT2D eigenvalue weighted by molar-refractivity contribution is -0.165. The highest BCUT2D eigenvalue weighted by Crippen LogP contribution is 1.92. The summed E-state index contributed by atoms with van der Waals surface area (Å²) in [4.78, 5) is 29.3. The number of carbonyl (C=O) groups is 3. The molecule has 5 N–H and O–H groups in total. The molecule has 2 atom stereocenters. The van der Waals surface area contributed by atoms with Gasteiger partial charge >= 0.3 is 17.9 Å². The maximum Gasteiger partial charge on any atom is 0.335 e. The molecule has 0 aromatic rings. The number of aliphatic hydroxyl groups excluding tert-OH is 2. The first-order chi connectivity index (χ1) is 8.23. The highest BCUT2D eigenvalue weighted by Gasteiger charge is 2.29. The number of carboxylic acids is 3. The Balaban J connectivity index is 0. The van der Waals surface area contributed by atoms with Gasteiger partial charge in [0.1, 0.15) is 0 Å². The van der Waals surface area contributed by atoms with Gasteiger partial charge in [0, 0.05) is 6.08 Å². The van der Waals surface area contributed by atoms with E-state index in [0.717, 1.165) is 6.08 Å². The summed E-state index contributed by atoms with van der Waals surface area (Å²) in [5, 5.41) is 40.5. The van der Waals surface area contributed by atoms with Gasteiger partial charge in [0.05, 0.1) is 0 Å². The van der Waals surface area contributed by atoms with Crippen molar-refractivity contribution in [1.82, 2.24) is 0 Å². The van der Waals surface area contributed by atoms with E-state index < -0.39 is 30.1 Å². The highest BCUT2D eigenvalue weighted by atomic mass is 16.4. The Morgan fingerprint density at radius 1 is 0.889 bits per heavy atom. The van der Waals surface area contributed by atoms with Crippen molar-refractivity contribution in [2.24, 2.45) is 0 Å². The Bertz CT molecular complexity index is 326. The highest BCUT2D eigenvalue weighted by molar-refractivity contribution is 5.83. The standard InChI is InChI=1S/C6H8O2.C4H6O6/c1-2-3-4-5-6(7)8;5-1(3(7)8)2(6)4(9)10/h2-5H,1H3,(H,7,8);1-2,5-6H,(H,7,8)(H,9,10). The zero-order valence-electron chi connectivity index (χ0n) is 9.42. The van der Waals surface area contributed by atoms with E-state index in [4.69, 9.17) is 25.5 Å². The molecule has 0 amide bonds. The molecule has 8 heteroatoms. The fourth-order valence-electron chi connectivity index (χ4n) is 0.519. The Hall–Kier alpha value is -2.19. The molecule has 0 radical (unpaired) electrons. The SMILES string of the molecule is CC=CC=CC(=O)O.O=C(O)C(O)C(O)C(=O)O. The monoisotopic (exact) mass is 262 g/mol. The predicted octanol–water partition coefficient (Wildman–Crippen LogP) is -0.919. The van der Waals surface area contributed by atoms with Gasteiger partial charge in [-0.15, -0.1) is 0 Å². The molecule has 0 spiro atoms. The molecule has 102 valence electrons. The second kappa shape index (κ2) is 10.00. The second-order valence-electron chi connectivity index (χ2n) is 2.79. The van der Waals surface area contributed by atoms with E-state index in [2.05, 4.69) is 0 Å². The molecule has 0 rings (SSSR count). The lowest BCUT2D eigenvalue weighted by atomic mass is 10.2. The van der Waals surface area contributed by atoms with Crippen LogP contribution in [0.4, 0.5) is 0 Å². The van der Waals surface area contributed by atoms with Crippen LogP contribution in [-0.2, 0) is 14.4 Å². The molecule has 0 aromatic heterocycles. The van der Waals surface area contributed by atoms with Crippen LogP contribution in [0, 0.1) is 0 Å². The number of allylic oxidation sites excluding steroid dienone is 3. The van der Waals surface area contributed by atoms with E-state index in [0.29, 0.717) is 0 Å². The minimum Gasteiger partial charge on any atom is -0.479 e. The fourth-order valence-corrected chi connectivity index (χ4v) is 0.519. The minimum absolute atomic E-state index is 0.914. The molecular weight excluding hydrogens is 248 g/mol. The third-order valence-corrected chi connectivity index (χ3v) is 1.35. The smallest absolute Gasteiger partial charge is 0.335 e. The maximum absolute atomic E-state index is 9.77. The van der Waals surface area contributed by atoms with Gasteiger partial charge in [-0.05, 0) is 6.92 Å². The van der Waals surface area contributed by atoms with Gasteiger partial charge in [-0.25, -0.2) is 14.4 Å². The lowest BCUT2D eigenvalue weighted by Crippen LogP contribution is -2.39. The van der Waals surface area contributed by atoms with Crippen LogP contribution in [0.15, 0.2) is 24.3 Å². The number of hydrogen-bond acceptors (Lipinski definition) is 5. The van der Waals surface area contributed by atoms with Crippen LogP contribution in [0.5, 0.6) is 0 Å². The molecule has 0 aliphatic carbocycles. The van der Waals surface area contributed by atoms with E-state index in [1.807, 2.05) is 6.92 Å². The van der Waals surface area contributed by atoms with E-state index in [1.54, 1.807) is 12.2 Å². The van der Waals surface area contributed by atoms with Gasteiger partial charge in [-0.1, -0.05) is 18.2 Å². The molecule has 0 heterocycles. The van der Waals surface area contributed by atoms with Crippen LogP contribution in [0.2, 0.25) is 0 Å². The number of carboxylic acid groups (broad SMARTS) is 3. The summed E-state index contributed by atoms with van der Waals surface area (Å²) < 4.78 is 0. The normalized spacial score (nSPS) is 13.7. The van der Waals surface area contributed by atoms with E-state index in [1.165, 1.54) is 6.08 Å². The minimum atomic E-state index is -2.27. The molecule has 0 aliphatic rings. The van der Waals surface area contributed by atoms with Crippen molar-refractivity contribution in [2.45, 2.75) is 19.1 Å². The first-order valence-corrected chi connectivity index (χ1v) is 4.58. The van der Waals surface area contributed by atoms with Crippen LogP contribution in [0.1, 0.15) is 6.92 Å². The summed E-state index contributed by atoms with van der Waals surface area (Å²) in [5.74, 6) is -4.45. The summed E-state index contributed by atoms with van der Waals surface area (Å²) in [5.41, 5.74) is 0. The van der Waals surface area contributed by atoms with Crippen LogP contribution in [-0.4, -0.2) is 55.6 Å². The molecule has 2 unspecified atom stereocenters. The average Bonchev–Trinajstić information content (AvgIpc) is 2.27. The molecule has 0 bridgehead atoms. The van der Waals surface area contributed by atoms with E-state index in [-0.39, 0.29) is 0 Å². The largest absolute Gasteiger partial charge is 0.479 e. The first kappa shape index (κ1) is 18.2. The maximum atomic E-state index is 9.77. The quantitative estimate of drug-likeness (QED) is 0.315. The Morgan fingerprint density at radius 2 is 1.28 bits per heavy atom. The fraction of sp³-hybridized carbons (Fsp3) is 0.300. The van der Waals surface area contributed by atoms with Crippen molar-refractivity contribution in [3.8, 4) is 0 Å². The van der Waals surface area contributed by atoms with Crippen LogP contribution < -0.4 is 0 Å². The Kier molecular flexibility index (Phi) is 10.1. The summed E-state index contributed by atoms with van der Waals surface area (Å²) in [6.07, 6.45) is 1.45. The molecule has 0 aromatic carbocycles. The number of aliphatic carboxylic acids is 3. The molecule has 18 heavy (non-hydrogen) atoms. The van der Waals surface area contributed by atoms with E-state index in [9.17, 15) is 14.4 Å². The summed E-state index contributed by atoms with van der Waals surface area (Å²) >= 11 is 0. The van der Waals surface area contributed by atoms with Gasteiger partial charge in [0.2, 0.25) is 0 Å². The van der Waals surface area contributed by atoms with Crippen molar-refractivity contribution in [2.75, 3.05) is 0 Å². The van der Waals surface area contributed by atoms with Gasteiger partial charge in [0.15, 0.2) is 12.2 Å². The van der Waals surface area contributed by atoms with Crippen LogP contribution in [0.3, 0.4) is 0 Å². The average molecular weight is 262 g/mol. The van der Waals surface area contributed by atoms with Crippen molar-refractivity contribution in [1.29, 1.82) is 0 Å². The van der Waals surface area contributed by atoms with E-state index >= 15 is 0 Å². The molecule has 0 saturated heterocycles. The number of rotatable bonds is 5. The molecule has 8 nitrogen and oxygen atoms in total. The van der Waals surface area contributed by atoms with Gasteiger partial charge in [0.25, 0.3) is 0 Å². The zero-order valence-corrected chi connectivity index (χ0v) is 9.42. The Labute approximate surface area is 102 Å². The zero-order chi connectivity index (χ0) is 14.7. The number of hydrogen-bond donors (Lipinski definition) is 5. The third kappa shape index (κ3) is 10.3. The van der Waals surface area contributed by atoms with Crippen molar-refractivity contribution < 1.29 is 39.9 Å². The third-order valence-electron chi connectivity index (χ3n) is 1.35.